The van der Waals surface area contributed by atoms with E-state index in [4.69, 9.17) is 18.9 Å². The van der Waals surface area contributed by atoms with Crippen molar-refractivity contribution in [1.82, 2.24) is 44.1 Å². The van der Waals surface area contributed by atoms with Crippen molar-refractivity contribution >= 4 is 52.7 Å². The number of methoxy groups -OCH3 is 4. The van der Waals surface area contributed by atoms with Crippen LogP contribution in [0, 0.1) is 0 Å². The smallest absolute Gasteiger partial charge is 0.416 e. The SMILES string of the molecule is CCCC(C)N1CCC(N(CCCCC(=O)CC)C(=O)Nc2cccc(C(F)(F)F)c2)CC1.CCCC(C)N1CCC(N(Cc2ccccc2)C(=O)Nc2cc(OC)c(OC)c(OC)c2)CC1.CCCC(C)N1CCC(N(Cc2ccccc2)C(=O)Nc2ccc(CN3CCCC3)cc2)CC1.CCCN1CCC(N(CCOC)C(=O)Nc2cccc(C(F)(F)F)c2)CC1. The minimum atomic E-state index is -4.46. The summed E-state index contributed by atoms with van der Waals surface area (Å²) in [4.78, 5) is 84.5. The summed E-state index contributed by atoms with van der Waals surface area (Å²) < 4.78 is 99.2. The van der Waals surface area contributed by atoms with Crippen LogP contribution >= 0.6 is 0 Å². The molecule has 0 aliphatic carbocycles. The monoisotopic (exact) mass is 1790 g/mol. The standard InChI is InChI=1S/C29H42N4O.C27H39N3O4.C25H38F3N3O2.C19H28F3N3O2/c1-3-9-24(2)32-20-16-28(17-21-32)33(23-25-10-5-4-6-11-25)29(34)30-27-14-12-26(13-15-27)22-31-18-7-8-19-31;1-6-10-20(2)29-15-13-23(14-16-29)30(19-21-11-8-7-9-12-21)27(31)28-22-17-24(32-3)26(34-5)25(18-22)33-4;1-4-9-19(3)30-16-13-22(14-17-30)31(15-7-6-12-23(32)5-2)24(33)29-21-11-8-10-20(18-21)25(26,27)28;1-3-9-24-10-7-17(8-11-24)25(12-13-27-2)18(26)23-16-6-4-5-15(14-16)19(20,21)22/h4-6,10-15,24,28H,3,7-9,16-23H2,1-2H3,(H,30,34);7-9,11-12,17-18,20,23H,6,10,13-16,19H2,1-5H3,(H,28,31);8,10-11,18-19,22H,4-7,9,12-17H2,1-3H3,(H,29,33);4-6,14,17H,3,7-13H2,1-2H3,(H,23,26). The first-order valence-corrected chi connectivity index (χ1v) is 46.9. The Labute approximate surface area is 758 Å². The quantitative estimate of drug-likeness (QED) is 0.0212. The number of rotatable bonds is 37. The Bertz CT molecular complexity index is 4190. The fourth-order valence-electron chi connectivity index (χ4n) is 18.0. The van der Waals surface area contributed by atoms with Crippen molar-refractivity contribution in [2.45, 2.75) is 265 Å². The highest BCUT2D eigenvalue weighted by atomic mass is 19.4. The number of amides is 8. The number of nitrogens with one attached hydrogen (secondary N) is 4. The fourth-order valence-corrected chi connectivity index (χ4v) is 18.0. The van der Waals surface area contributed by atoms with E-state index in [1.54, 1.807) is 50.4 Å². The first-order chi connectivity index (χ1) is 61.6. The second-order valence-corrected chi connectivity index (χ2v) is 34.7. The van der Waals surface area contributed by atoms with Gasteiger partial charge in [-0.1, -0.05) is 139 Å². The number of piperidine rings is 4. The molecular formula is C100H147F6N13O9. The summed E-state index contributed by atoms with van der Waals surface area (Å²) >= 11 is 0. The Hall–Kier alpha value is -9.19. The minimum absolute atomic E-state index is 0.0104. The van der Waals surface area contributed by atoms with Gasteiger partial charge in [0.25, 0.3) is 0 Å². The number of Topliss-reactive ketones (excluding diaryl/α,β-unsaturated/α-hetero) is 1. The highest BCUT2D eigenvalue weighted by Gasteiger charge is 2.37. The van der Waals surface area contributed by atoms with E-state index in [1.807, 2.05) is 36.1 Å². The van der Waals surface area contributed by atoms with Gasteiger partial charge in [0, 0.05) is 177 Å². The van der Waals surface area contributed by atoms with E-state index in [-0.39, 0.29) is 65.4 Å². The highest BCUT2D eigenvalue weighted by Crippen LogP contribution is 2.41. The molecule has 128 heavy (non-hydrogen) atoms. The molecule has 0 bridgehead atoms. The molecule has 5 aliphatic rings. The zero-order valence-electron chi connectivity index (χ0n) is 78.2. The second kappa shape index (κ2) is 54.5. The molecule has 28 heteroatoms. The van der Waals surface area contributed by atoms with Gasteiger partial charge >= 0.3 is 36.5 Å². The molecule has 708 valence electrons. The maximum absolute atomic E-state index is 13.6. The van der Waals surface area contributed by atoms with Gasteiger partial charge < -0.3 is 79.4 Å². The molecule has 5 aliphatic heterocycles. The lowest BCUT2D eigenvalue weighted by molar-refractivity contribution is -0.138. The lowest BCUT2D eigenvalue weighted by Gasteiger charge is -2.40. The summed E-state index contributed by atoms with van der Waals surface area (Å²) in [6.45, 7) is 32.2. The molecule has 11 rings (SSSR count). The number of nitrogens with zero attached hydrogens (tertiary/aromatic N) is 9. The van der Waals surface area contributed by atoms with Crippen LogP contribution in [-0.4, -0.2) is 236 Å². The van der Waals surface area contributed by atoms with Crippen LogP contribution in [0.25, 0.3) is 0 Å². The van der Waals surface area contributed by atoms with Crippen LogP contribution < -0.4 is 35.5 Å². The van der Waals surface area contributed by atoms with Crippen LogP contribution in [0.1, 0.15) is 218 Å². The Kier molecular flexibility index (Phi) is 44.3. The van der Waals surface area contributed by atoms with Gasteiger partial charge in [-0.25, -0.2) is 19.2 Å². The summed E-state index contributed by atoms with van der Waals surface area (Å²) in [5.41, 5.74) is 3.79. The second-order valence-electron chi connectivity index (χ2n) is 34.7. The van der Waals surface area contributed by atoms with E-state index >= 15 is 0 Å². The number of likely N-dealkylation sites (tertiary alicyclic amines) is 5. The molecule has 5 heterocycles. The number of halogens is 6. The fraction of sp³-hybridized carbons (Fsp3) is 0.590. The number of hydrogen-bond acceptors (Lipinski definition) is 14. The molecule has 3 unspecified atom stereocenters. The van der Waals surface area contributed by atoms with Crippen LogP contribution in [0.3, 0.4) is 0 Å². The maximum atomic E-state index is 13.6. The minimum Gasteiger partial charge on any atom is -0.493 e. The Balaban J connectivity index is 0.000000212. The van der Waals surface area contributed by atoms with Crippen molar-refractivity contribution in [2.24, 2.45) is 0 Å². The number of unbranched alkanes of at least 4 members (excludes halogenated alkanes) is 1. The average Bonchev–Trinajstić information content (AvgIpc) is 0.875. The zero-order chi connectivity index (χ0) is 92.6. The van der Waals surface area contributed by atoms with Crippen molar-refractivity contribution in [3.63, 3.8) is 0 Å². The number of hydrogen-bond donors (Lipinski definition) is 4. The maximum Gasteiger partial charge on any atom is 0.416 e. The summed E-state index contributed by atoms with van der Waals surface area (Å²) in [5.74, 6) is 1.71. The molecule has 6 aromatic rings. The van der Waals surface area contributed by atoms with E-state index in [2.05, 4.69) is 160 Å². The first-order valence-electron chi connectivity index (χ1n) is 46.9. The van der Waals surface area contributed by atoms with Gasteiger partial charge in [-0.15, -0.1) is 0 Å². The molecule has 8 amide bonds. The largest absolute Gasteiger partial charge is 0.493 e. The molecular weight excluding hydrogens is 1640 g/mol. The molecule has 22 nitrogen and oxygen atoms in total. The van der Waals surface area contributed by atoms with Crippen molar-refractivity contribution < 1.29 is 69.3 Å². The number of benzene rings is 6. The summed E-state index contributed by atoms with van der Waals surface area (Å²) in [6.07, 6.45) is 11.7. The lowest BCUT2D eigenvalue weighted by atomic mass is 10.00. The van der Waals surface area contributed by atoms with Crippen LogP contribution in [-0.2, 0) is 41.5 Å². The predicted octanol–water partition coefficient (Wildman–Crippen LogP) is 21.8. The van der Waals surface area contributed by atoms with Gasteiger partial charge in [0.15, 0.2) is 11.5 Å². The van der Waals surface area contributed by atoms with Crippen molar-refractivity contribution in [3.8, 4) is 17.2 Å². The van der Waals surface area contributed by atoms with Gasteiger partial charge in [0.2, 0.25) is 5.75 Å². The third kappa shape index (κ3) is 34.0. The van der Waals surface area contributed by atoms with Crippen LogP contribution in [0.2, 0.25) is 0 Å². The molecule has 0 radical (unpaired) electrons. The third-order valence-electron chi connectivity index (χ3n) is 25.4. The molecule has 0 spiro atoms. The van der Waals surface area contributed by atoms with E-state index in [0.29, 0.717) is 99.5 Å². The van der Waals surface area contributed by atoms with Gasteiger partial charge in [-0.05, 0) is 208 Å². The normalized spacial score (nSPS) is 16.7. The summed E-state index contributed by atoms with van der Waals surface area (Å²) in [6, 6.07) is 43.3. The number of alkyl halides is 6. The first kappa shape index (κ1) is 104. The Morgan fingerprint density at radius 3 is 1.18 bits per heavy atom. The third-order valence-corrected chi connectivity index (χ3v) is 25.4. The molecule has 5 saturated heterocycles. The van der Waals surface area contributed by atoms with Crippen molar-refractivity contribution in [1.29, 1.82) is 0 Å². The summed E-state index contributed by atoms with van der Waals surface area (Å²) in [7, 11) is 6.26. The number of anilines is 4. The molecule has 5 fully saturated rings. The van der Waals surface area contributed by atoms with Gasteiger partial charge in [-0.3, -0.25) is 9.69 Å². The van der Waals surface area contributed by atoms with E-state index in [1.165, 1.54) is 87.0 Å². The number of carbonyl (C=O) groups is 5. The van der Waals surface area contributed by atoms with Crippen LogP contribution in [0.15, 0.2) is 146 Å². The molecule has 0 saturated carbocycles. The average molecular weight is 1790 g/mol. The topological polar surface area (TPSA) is 200 Å². The molecule has 6 aromatic carbocycles. The zero-order valence-corrected chi connectivity index (χ0v) is 78.2. The number of carbonyl (C=O) groups excluding carboxylic acids is 5. The van der Waals surface area contributed by atoms with E-state index in [0.717, 1.165) is 172 Å². The molecule has 4 N–H and O–H groups in total. The highest BCUT2D eigenvalue weighted by molar-refractivity contribution is 5.92. The van der Waals surface area contributed by atoms with E-state index in [9.17, 15) is 50.3 Å². The lowest BCUT2D eigenvalue weighted by Crippen LogP contribution is -2.50. The van der Waals surface area contributed by atoms with Gasteiger partial charge in [0.05, 0.1) is 44.8 Å². The van der Waals surface area contributed by atoms with Gasteiger partial charge in [0.1, 0.15) is 5.78 Å². The number of ketones is 1. The predicted molar refractivity (Wildman–Crippen MR) is 501 cm³/mol. The molecule has 3 atom stereocenters. The Morgan fingerprint density at radius 1 is 0.406 bits per heavy atom. The van der Waals surface area contributed by atoms with Crippen molar-refractivity contribution in [2.75, 3.05) is 141 Å². The van der Waals surface area contributed by atoms with Gasteiger partial charge in [-0.2, -0.15) is 26.3 Å². The van der Waals surface area contributed by atoms with E-state index < -0.39 is 23.5 Å². The number of ether oxygens (including phenoxy) is 4. The molecule has 0 aromatic heterocycles. The summed E-state index contributed by atoms with van der Waals surface area (Å²) in [5, 5.41) is 11.6. The van der Waals surface area contributed by atoms with Crippen LogP contribution in [0.4, 0.5) is 68.3 Å². The number of urea groups is 4. The van der Waals surface area contributed by atoms with Crippen LogP contribution in [0.5, 0.6) is 17.2 Å². The Morgan fingerprint density at radius 2 is 0.797 bits per heavy atom. The van der Waals surface area contributed by atoms with Crippen molar-refractivity contribution in [3.05, 3.63) is 173 Å².